The van der Waals surface area contributed by atoms with Crippen molar-refractivity contribution in [2.24, 2.45) is 0 Å². The van der Waals surface area contributed by atoms with Crippen LogP contribution < -0.4 is 10.9 Å². The summed E-state index contributed by atoms with van der Waals surface area (Å²) in [7, 11) is 0. The SMILES string of the molecule is CCCCCNc1[nH]c(=N)[nH]c1C. The molecule has 13 heavy (non-hydrogen) atoms. The smallest absolute Gasteiger partial charge is 0.198 e. The van der Waals surface area contributed by atoms with Gasteiger partial charge in [-0.25, -0.2) is 0 Å². The molecule has 74 valence electrons. The van der Waals surface area contributed by atoms with Crippen molar-refractivity contribution in [1.82, 2.24) is 9.97 Å². The third kappa shape index (κ3) is 2.97. The Labute approximate surface area is 78.3 Å². The zero-order valence-electron chi connectivity index (χ0n) is 8.33. The molecule has 1 aromatic heterocycles. The predicted octanol–water partition coefficient (Wildman–Crippen LogP) is 1.73. The predicted molar refractivity (Wildman–Crippen MR) is 53.7 cm³/mol. The number of hydrogen-bond acceptors (Lipinski definition) is 2. The molecule has 4 nitrogen and oxygen atoms in total. The van der Waals surface area contributed by atoms with Gasteiger partial charge in [-0.15, -0.1) is 0 Å². The normalized spacial score (nSPS) is 10.3. The van der Waals surface area contributed by atoms with Crippen LogP contribution in [0.2, 0.25) is 0 Å². The molecule has 0 aliphatic heterocycles. The van der Waals surface area contributed by atoms with Gasteiger partial charge in [0.05, 0.1) is 5.69 Å². The van der Waals surface area contributed by atoms with E-state index in [0.29, 0.717) is 5.62 Å². The average molecular weight is 182 g/mol. The van der Waals surface area contributed by atoms with Gasteiger partial charge in [0.15, 0.2) is 5.62 Å². The fourth-order valence-corrected chi connectivity index (χ4v) is 1.27. The second-order valence-electron chi connectivity index (χ2n) is 3.26. The highest BCUT2D eigenvalue weighted by molar-refractivity contribution is 5.38. The molecule has 1 rings (SSSR count). The quantitative estimate of drug-likeness (QED) is 0.515. The van der Waals surface area contributed by atoms with Gasteiger partial charge in [0.25, 0.3) is 0 Å². The highest BCUT2D eigenvalue weighted by atomic mass is 15.1. The summed E-state index contributed by atoms with van der Waals surface area (Å²) in [4.78, 5) is 5.82. The fourth-order valence-electron chi connectivity index (χ4n) is 1.27. The number of H-pyrrole nitrogens is 2. The van der Waals surface area contributed by atoms with Crippen molar-refractivity contribution in [3.05, 3.63) is 11.3 Å². The molecule has 0 fully saturated rings. The Morgan fingerprint density at radius 1 is 1.31 bits per heavy atom. The molecule has 0 amide bonds. The van der Waals surface area contributed by atoms with Crippen LogP contribution in [-0.4, -0.2) is 16.5 Å². The number of aryl methyl sites for hydroxylation is 1. The molecule has 1 aromatic rings. The maximum Gasteiger partial charge on any atom is 0.198 e. The van der Waals surface area contributed by atoms with Crippen LogP contribution in [-0.2, 0) is 0 Å². The van der Waals surface area contributed by atoms with Crippen molar-refractivity contribution in [2.45, 2.75) is 33.1 Å². The van der Waals surface area contributed by atoms with Gasteiger partial charge in [0.1, 0.15) is 5.82 Å². The summed E-state index contributed by atoms with van der Waals surface area (Å²) < 4.78 is 0. The van der Waals surface area contributed by atoms with Gasteiger partial charge in [0, 0.05) is 6.54 Å². The van der Waals surface area contributed by atoms with E-state index < -0.39 is 0 Å². The largest absolute Gasteiger partial charge is 0.370 e. The van der Waals surface area contributed by atoms with Crippen LogP contribution in [0.25, 0.3) is 0 Å². The minimum absolute atomic E-state index is 0.357. The Balaban J connectivity index is 2.36. The number of rotatable bonds is 5. The van der Waals surface area contributed by atoms with E-state index in [-0.39, 0.29) is 0 Å². The number of unbranched alkanes of at least 4 members (excludes halogenated alkanes) is 2. The third-order valence-corrected chi connectivity index (χ3v) is 2.02. The number of aromatic nitrogens is 2. The molecule has 1 heterocycles. The van der Waals surface area contributed by atoms with E-state index in [9.17, 15) is 0 Å². The summed E-state index contributed by atoms with van der Waals surface area (Å²) in [6.07, 6.45) is 3.67. The molecule has 0 unspecified atom stereocenters. The van der Waals surface area contributed by atoms with Crippen molar-refractivity contribution in [2.75, 3.05) is 11.9 Å². The Morgan fingerprint density at radius 2 is 2.08 bits per heavy atom. The summed E-state index contributed by atoms with van der Waals surface area (Å²) in [6, 6.07) is 0. The second-order valence-corrected chi connectivity index (χ2v) is 3.26. The van der Waals surface area contributed by atoms with Crippen molar-refractivity contribution in [3.63, 3.8) is 0 Å². The number of imidazole rings is 1. The molecule has 0 atom stereocenters. The van der Waals surface area contributed by atoms with Crippen molar-refractivity contribution >= 4 is 5.82 Å². The first-order valence-electron chi connectivity index (χ1n) is 4.81. The molecular weight excluding hydrogens is 164 g/mol. The topological polar surface area (TPSA) is 67.5 Å². The monoisotopic (exact) mass is 182 g/mol. The van der Waals surface area contributed by atoms with Crippen LogP contribution >= 0.6 is 0 Å². The van der Waals surface area contributed by atoms with Gasteiger partial charge in [-0.05, 0) is 13.3 Å². The van der Waals surface area contributed by atoms with E-state index in [4.69, 9.17) is 5.41 Å². The first kappa shape index (κ1) is 9.89. The van der Waals surface area contributed by atoms with Crippen LogP contribution in [0.3, 0.4) is 0 Å². The van der Waals surface area contributed by atoms with Gasteiger partial charge in [-0.3, -0.25) is 5.41 Å². The third-order valence-electron chi connectivity index (χ3n) is 2.02. The lowest BCUT2D eigenvalue weighted by Crippen LogP contribution is -2.05. The van der Waals surface area contributed by atoms with E-state index in [2.05, 4.69) is 22.2 Å². The molecule has 0 saturated heterocycles. The molecule has 0 aliphatic carbocycles. The van der Waals surface area contributed by atoms with Gasteiger partial charge in [0.2, 0.25) is 0 Å². The molecule has 0 aliphatic rings. The molecule has 4 N–H and O–H groups in total. The maximum atomic E-state index is 7.32. The Morgan fingerprint density at radius 3 is 2.62 bits per heavy atom. The van der Waals surface area contributed by atoms with Gasteiger partial charge < -0.3 is 15.3 Å². The van der Waals surface area contributed by atoms with E-state index in [0.717, 1.165) is 18.1 Å². The van der Waals surface area contributed by atoms with Gasteiger partial charge >= 0.3 is 0 Å². The highest BCUT2D eigenvalue weighted by Gasteiger charge is 1.98. The van der Waals surface area contributed by atoms with Gasteiger partial charge in [-0.2, -0.15) is 0 Å². The Hall–Kier alpha value is -1.19. The second kappa shape index (κ2) is 4.74. The standard InChI is InChI=1S/C9H18N4/c1-3-4-5-6-11-8-7(2)12-9(10)13-8/h11H,3-6H2,1-2H3,(H3,10,12,13). The lowest BCUT2D eigenvalue weighted by Gasteiger charge is -2.03. The van der Waals surface area contributed by atoms with Crippen LogP contribution in [0.15, 0.2) is 0 Å². The lowest BCUT2D eigenvalue weighted by molar-refractivity contribution is 0.742. The Bertz CT molecular complexity index is 297. The minimum atomic E-state index is 0.357. The lowest BCUT2D eigenvalue weighted by atomic mass is 10.2. The summed E-state index contributed by atoms with van der Waals surface area (Å²) in [5.41, 5.74) is 1.36. The van der Waals surface area contributed by atoms with Crippen LogP contribution in [0.5, 0.6) is 0 Å². The number of aromatic amines is 2. The molecule has 0 bridgehead atoms. The summed E-state index contributed by atoms with van der Waals surface area (Å²) >= 11 is 0. The maximum absolute atomic E-state index is 7.32. The highest BCUT2D eigenvalue weighted by Crippen LogP contribution is 2.04. The van der Waals surface area contributed by atoms with Crippen molar-refractivity contribution < 1.29 is 0 Å². The zero-order valence-corrected chi connectivity index (χ0v) is 8.33. The van der Waals surface area contributed by atoms with Crippen LogP contribution in [0, 0.1) is 12.3 Å². The van der Waals surface area contributed by atoms with E-state index in [1.807, 2.05) is 6.92 Å². The minimum Gasteiger partial charge on any atom is -0.370 e. The Kier molecular flexibility index (Phi) is 3.61. The van der Waals surface area contributed by atoms with Gasteiger partial charge in [-0.1, -0.05) is 19.8 Å². The molecule has 0 aromatic carbocycles. The molecule has 0 spiro atoms. The average Bonchev–Trinajstić information content (AvgIpc) is 2.39. The number of hydrogen-bond donors (Lipinski definition) is 4. The first-order chi connectivity index (χ1) is 6.24. The van der Waals surface area contributed by atoms with Crippen LogP contribution in [0.4, 0.5) is 5.82 Å². The van der Waals surface area contributed by atoms with E-state index in [1.165, 1.54) is 19.3 Å². The van der Waals surface area contributed by atoms with Crippen LogP contribution in [0.1, 0.15) is 31.9 Å². The molecular formula is C9H18N4. The fraction of sp³-hybridized carbons (Fsp3) is 0.667. The number of anilines is 1. The summed E-state index contributed by atoms with van der Waals surface area (Å²) in [6.45, 7) is 5.12. The molecule has 0 radical (unpaired) electrons. The first-order valence-corrected chi connectivity index (χ1v) is 4.81. The number of nitrogens with one attached hydrogen (secondary N) is 4. The molecule has 4 heteroatoms. The summed E-state index contributed by atoms with van der Waals surface area (Å²) in [5.74, 6) is 0.945. The zero-order chi connectivity index (χ0) is 9.68. The summed E-state index contributed by atoms with van der Waals surface area (Å²) in [5, 5.41) is 10.6. The van der Waals surface area contributed by atoms with E-state index in [1.54, 1.807) is 0 Å². The van der Waals surface area contributed by atoms with Crippen molar-refractivity contribution in [1.29, 1.82) is 5.41 Å². The van der Waals surface area contributed by atoms with E-state index >= 15 is 0 Å². The molecule has 0 saturated carbocycles. The van der Waals surface area contributed by atoms with Crippen molar-refractivity contribution in [3.8, 4) is 0 Å².